The summed E-state index contributed by atoms with van der Waals surface area (Å²) in [5.74, 6) is 0.0564. The molecule has 1 amide bonds. The number of nitrogens with one attached hydrogen (secondary N) is 1. The molecular formula is C15H21FN2O2. The Kier molecular flexibility index (Phi) is 4.95. The maximum Gasteiger partial charge on any atom is 0.225 e. The number of piperidine rings is 1. The van der Waals surface area contributed by atoms with Crippen LogP contribution in [0.2, 0.25) is 0 Å². The summed E-state index contributed by atoms with van der Waals surface area (Å²) in [7, 11) is 3.21. The molecule has 20 heavy (non-hydrogen) atoms. The molecule has 1 aromatic rings. The first-order valence-corrected chi connectivity index (χ1v) is 6.90. The molecule has 0 spiro atoms. The van der Waals surface area contributed by atoms with Crippen LogP contribution >= 0.6 is 0 Å². The molecule has 1 heterocycles. The lowest BCUT2D eigenvalue weighted by Crippen LogP contribution is -2.38. The predicted molar refractivity (Wildman–Crippen MR) is 75.0 cm³/mol. The molecular weight excluding hydrogens is 259 g/mol. The highest BCUT2D eigenvalue weighted by Gasteiger charge is 2.23. The Hall–Kier alpha value is -1.62. The van der Waals surface area contributed by atoms with Crippen LogP contribution in [0, 0.1) is 11.7 Å². The van der Waals surface area contributed by atoms with Crippen molar-refractivity contribution in [2.45, 2.75) is 19.4 Å². The summed E-state index contributed by atoms with van der Waals surface area (Å²) in [5, 5.41) is 3.24. The minimum absolute atomic E-state index is 0.0874. The number of hydrogen-bond donors (Lipinski definition) is 1. The van der Waals surface area contributed by atoms with Crippen LogP contribution in [-0.4, -0.2) is 38.1 Å². The van der Waals surface area contributed by atoms with Gasteiger partial charge in [0.25, 0.3) is 0 Å². The van der Waals surface area contributed by atoms with E-state index in [1.165, 1.54) is 13.2 Å². The Morgan fingerprint density at radius 3 is 2.75 bits per heavy atom. The van der Waals surface area contributed by atoms with Crippen molar-refractivity contribution in [1.82, 2.24) is 10.2 Å². The minimum Gasteiger partial charge on any atom is -0.494 e. The van der Waals surface area contributed by atoms with Crippen molar-refractivity contribution in [3.63, 3.8) is 0 Å². The first-order chi connectivity index (χ1) is 9.61. The van der Waals surface area contributed by atoms with Crippen LogP contribution in [0.3, 0.4) is 0 Å². The second-order valence-corrected chi connectivity index (χ2v) is 5.19. The number of hydrogen-bond acceptors (Lipinski definition) is 3. The van der Waals surface area contributed by atoms with Crippen molar-refractivity contribution in [2.75, 3.05) is 27.2 Å². The number of nitrogens with zero attached hydrogens (tertiary/aromatic N) is 1. The highest BCUT2D eigenvalue weighted by Crippen LogP contribution is 2.20. The summed E-state index contributed by atoms with van der Waals surface area (Å²) in [5.41, 5.74) is 0.771. The molecule has 1 aliphatic heterocycles. The third kappa shape index (κ3) is 3.48. The molecule has 1 saturated heterocycles. The lowest BCUT2D eigenvalue weighted by molar-refractivity contribution is -0.135. The molecule has 0 bridgehead atoms. The zero-order valence-corrected chi connectivity index (χ0v) is 12.0. The molecule has 0 saturated carbocycles. The van der Waals surface area contributed by atoms with Gasteiger partial charge in [-0.05, 0) is 43.6 Å². The van der Waals surface area contributed by atoms with Gasteiger partial charge < -0.3 is 15.0 Å². The van der Waals surface area contributed by atoms with Gasteiger partial charge in [0.2, 0.25) is 5.91 Å². The van der Waals surface area contributed by atoms with Crippen molar-refractivity contribution >= 4 is 5.91 Å². The van der Waals surface area contributed by atoms with E-state index < -0.39 is 5.82 Å². The number of halogens is 1. The van der Waals surface area contributed by atoms with E-state index in [2.05, 4.69) is 5.32 Å². The molecule has 1 N–H and O–H groups in total. The van der Waals surface area contributed by atoms with Crippen LogP contribution in [0.15, 0.2) is 18.2 Å². The number of carbonyl (C=O) groups is 1. The van der Waals surface area contributed by atoms with E-state index in [4.69, 9.17) is 4.74 Å². The summed E-state index contributed by atoms with van der Waals surface area (Å²) in [4.78, 5) is 14.0. The number of ether oxygens (including phenoxy) is 1. The van der Waals surface area contributed by atoms with E-state index in [-0.39, 0.29) is 17.6 Å². The number of benzene rings is 1. The van der Waals surface area contributed by atoms with Gasteiger partial charge in [0.15, 0.2) is 11.6 Å². The Morgan fingerprint density at radius 2 is 2.15 bits per heavy atom. The average Bonchev–Trinajstić information content (AvgIpc) is 2.47. The quantitative estimate of drug-likeness (QED) is 0.914. The smallest absolute Gasteiger partial charge is 0.225 e. The van der Waals surface area contributed by atoms with Gasteiger partial charge in [0.1, 0.15) is 0 Å². The van der Waals surface area contributed by atoms with E-state index in [1.54, 1.807) is 24.1 Å². The Morgan fingerprint density at radius 1 is 1.45 bits per heavy atom. The van der Waals surface area contributed by atoms with Gasteiger partial charge in [-0.1, -0.05) is 6.07 Å². The van der Waals surface area contributed by atoms with Crippen molar-refractivity contribution in [1.29, 1.82) is 0 Å². The van der Waals surface area contributed by atoms with Gasteiger partial charge in [-0.15, -0.1) is 0 Å². The number of rotatable bonds is 4. The van der Waals surface area contributed by atoms with Crippen molar-refractivity contribution in [3.05, 3.63) is 29.6 Å². The van der Waals surface area contributed by atoms with Crippen LogP contribution in [0.4, 0.5) is 4.39 Å². The molecule has 5 heteroatoms. The monoisotopic (exact) mass is 280 g/mol. The van der Waals surface area contributed by atoms with Gasteiger partial charge in [-0.2, -0.15) is 0 Å². The van der Waals surface area contributed by atoms with Gasteiger partial charge in [-0.25, -0.2) is 4.39 Å². The number of carbonyl (C=O) groups excluding carboxylic acids is 1. The zero-order chi connectivity index (χ0) is 14.5. The highest BCUT2D eigenvalue weighted by molar-refractivity contribution is 5.78. The topological polar surface area (TPSA) is 41.6 Å². The van der Waals surface area contributed by atoms with Crippen LogP contribution in [0.5, 0.6) is 5.75 Å². The molecule has 1 aromatic carbocycles. The largest absolute Gasteiger partial charge is 0.494 e. The summed E-state index contributed by atoms with van der Waals surface area (Å²) in [6.07, 6.45) is 1.75. The Bertz CT molecular complexity index is 473. The molecule has 0 radical (unpaired) electrons. The van der Waals surface area contributed by atoms with Gasteiger partial charge in [0, 0.05) is 19.5 Å². The van der Waals surface area contributed by atoms with E-state index >= 15 is 0 Å². The maximum absolute atomic E-state index is 13.6. The van der Waals surface area contributed by atoms with Crippen molar-refractivity contribution < 1.29 is 13.9 Å². The second kappa shape index (κ2) is 6.70. The first-order valence-electron chi connectivity index (χ1n) is 6.90. The Labute approximate surface area is 118 Å². The molecule has 2 rings (SSSR count). The SMILES string of the molecule is COc1ccc(CN(C)C(=O)C2CCNCC2)cc1F. The molecule has 110 valence electrons. The fraction of sp³-hybridized carbons (Fsp3) is 0.533. The number of methoxy groups -OCH3 is 1. The van der Waals surface area contributed by atoms with Crippen molar-refractivity contribution in [3.8, 4) is 5.75 Å². The molecule has 0 unspecified atom stereocenters. The molecule has 0 aliphatic carbocycles. The van der Waals surface area contributed by atoms with Gasteiger partial charge >= 0.3 is 0 Å². The van der Waals surface area contributed by atoms with E-state index in [1.807, 2.05) is 0 Å². The average molecular weight is 280 g/mol. The predicted octanol–water partition coefficient (Wildman–Crippen LogP) is 1.79. The van der Waals surface area contributed by atoms with Crippen molar-refractivity contribution in [2.24, 2.45) is 5.92 Å². The fourth-order valence-corrected chi connectivity index (χ4v) is 2.54. The first kappa shape index (κ1) is 14.8. The molecule has 1 fully saturated rings. The normalized spacial score (nSPS) is 15.9. The van der Waals surface area contributed by atoms with Crippen LogP contribution in [0.25, 0.3) is 0 Å². The maximum atomic E-state index is 13.6. The van der Waals surface area contributed by atoms with Crippen LogP contribution < -0.4 is 10.1 Å². The second-order valence-electron chi connectivity index (χ2n) is 5.19. The summed E-state index contributed by atoms with van der Waals surface area (Å²) < 4.78 is 18.5. The minimum atomic E-state index is -0.396. The van der Waals surface area contributed by atoms with E-state index in [9.17, 15) is 9.18 Å². The highest BCUT2D eigenvalue weighted by atomic mass is 19.1. The molecule has 4 nitrogen and oxygen atoms in total. The van der Waals surface area contributed by atoms with E-state index in [0.717, 1.165) is 31.5 Å². The third-order valence-electron chi connectivity index (χ3n) is 3.70. The third-order valence-corrected chi connectivity index (χ3v) is 3.70. The van der Waals surface area contributed by atoms with Gasteiger partial charge in [0.05, 0.1) is 7.11 Å². The lowest BCUT2D eigenvalue weighted by atomic mass is 9.96. The zero-order valence-electron chi connectivity index (χ0n) is 12.0. The molecule has 1 aliphatic rings. The van der Waals surface area contributed by atoms with E-state index in [0.29, 0.717) is 6.54 Å². The standard InChI is InChI=1S/C15H21FN2O2/c1-18(15(19)12-5-7-17-8-6-12)10-11-3-4-14(20-2)13(16)9-11/h3-4,9,12,17H,5-8,10H2,1-2H3. The van der Waals surface area contributed by atoms with Gasteiger partial charge in [-0.3, -0.25) is 4.79 Å². The molecule has 0 atom stereocenters. The number of amides is 1. The Balaban J connectivity index is 1.98. The summed E-state index contributed by atoms with van der Waals surface area (Å²) in [6, 6.07) is 4.80. The van der Waals surface area contributed by atoms with Crippen LogP contribution in [0.1, 0.15) is 18.4 Å². The fourth-order valence-electron chi connectivity index (χ4n) is 2.54. The summed E-state index contributed by atoms with van der Waals surface area (Å²) in [6.45, 7) is 2.20. The molecule has 0 aromatic heterocycles. The lowest BCUT2D eigenvalue weighted by Gasteiger charge is -2.27. The summed E-state index contributed by atoms with van der Waals surface area (Å²) >= 11 is 0. The van der Waals surface area contributed by atoms with Crippen LogP contribution in [-0.2, 0) is 11.3 Å².